The Bertz CT molecular complexity index is 596. The summed E-state index contributed by atoms with van der Waals surface area (Å²) in [6.07, 6.45) is 4.08. The Hall–Kier alpha value is -2.83. The fourth-order valence-electron chi connectivity index (χ4n) is 1.66. The molecule has 3 N–H and O–H groups in total. The summed E-state index contributed by atoms with van der Waals surface area (Å²) in [4.78, 5) is 23.2. The SMILES string of the molecule is O=C(CNC(=O)c1ccccc1O)N/N=C/C1=CCCO1. The second-order valence-electron chi connectivity index (χ2n) is 4.24. The summed E-state index contributed by atoms with van der Waals surface area (Å²) in [5.74, 6) is -0.546. The maximum Gasteiger partial charge on any atom is 0.259 e. The Labute approximate surface area is 121 Å². The largest absolute Gasteiger partial charge is 0.507 e. The lowest BCUT2D eigenvalue weighted by Gasteiger charge is -2.05. The first-order valence-electron chi connectivity index (χ1n) is 6.38. The number of aromatic hydroxyl groups is 1. The smallest absolute Gasteiger partial charge is 0.259 e. The van der Waals surface area contributed by atoms with Crippen LogP contribution < -0.4 is 10.7 Å². The number of phenolic OH excluding ortho intramolecular Hbond substituents is 1. The van der Waals surface area contributed by atoms with Crippen molar-refractivity contribution in [3.63, 3.8) is 0 Å². The molecule has 1 aliphatic heterocycles. The minimum Gasteiger partial charge on any atom is -0.507 e. The van der Waals surface area contributed by atoms with E-state index in [4.69, 9.17) is 4.74 Å². The predicted octanol–water partition coefficient (Wildman–Crippen LogP) is 0.528. The number of allylic oxidation sites excluding steroid dienone is 1. The van der Waals surface area contributed by atoms with E-state index in [1.807, 2.05) is 6.08 Å². The number of rotatable bonds is 5. The maximum atomic E-state index is 11.7. The van der Waals surface area contributed by atoms with Crippen LogP contribution in [0.15, 0.2) is 41.2 Å². The number of carbonyl (C=O) groups excluding carboxylic acids is 2. The Kier molecular flexibility index (Phi) is 4.92. The van der Waals surface area contributed by atoms with Gasteiger partial charge in [0.15, 0.2) is 0 Å². The van der Waals surface area contributed by atoms with E-state index >= 15 is 0 Å². The summed E-state index contributed by atoms with van der Waals surface area (Å²) < 4.78 is 5.17. The number of nitrogens with zero attached hydrogens (tertiary/aromatic N) is 1. The van der Waals surface area contributed by atoms with Crippen LogP contribution in [0.1, 0.15) is 16.8 Å². The lowest BCUT2D eigenvalue weighted by Crippen LogP contribution is -2.34. The third-order valence-corrected chi connectivity index (χ3v) is 2.67. The highest BCUT2D eigenvalue weighted by molar-refractivity contribution is 5.98. The molecule has 0 saturated heterocycles. The highest BCUT2D eigenvalue weighted by atomic mass is 16.5. The lowest BCUT2D eigenvalue weighted by molar-refractivity contribution is -0.120. The highest BCUT2D eigenvalue weighted by Gasteiger charge is 2.11. The molecule has 1 aliphatic rings. The summed E-state index contributed by atoms with van der Waals surface area (Å²) in [7, 11) is 0. The van der Waals surface area contributed by atoms with Gasteiger partial charge in [-0.05, 0) is 18.2 Å². The molecule has 0 unspecified atom stereocenters. The number of amides is 2. The van der Waals surface area contributed by atoms with Crippen LogP contribution in [0.2, 0.25) is 0 Å². The molecular weight excluding hydrogens is 274 g/mol. The van der Waals surface area contributed by atoms with Crippen LogP contribution in [-0.2, 0) is 9.53 Å². The monoisotopic (exact) mass is 289 g/mol. The van der Waals surface area contributed by atoms with Crippen molar-refractivity contribution in [3.05, 3.63) is 41.7 Å². The molecular formula is C14H15N3O4. The van der Waals surface area contributed by atoms with Gasteiger partial charge in [0.05, 0.1) is 24.9 Å². The first-order valence-corrected chi connectivity index (χ1v) is 6.38. The topological polar surface area (TPSA) is 100 Å². The zero-order valence-electron chi connectivity index (χ0n) is 11.2. The van der Waals surface area contributed by atoms with Gasteiger partial charge >= 0.3 is 0 Å². The van der Waals surface area contributed by atoms with Crippen LogP contribution >= 0.6 is 0 Å². The molecule has 7 nitrogen and oxygen atoms in total. The van der Waals surface area contributed by atoms with Crippen LogP contribution in [0.5, 0.6) is 5.75 Å². The van der Waals surface area contributed by atoms with E-state index in [-0.39, 0.29) is 17.9 Å². The predicted molar refractivity (Wildman–Crippen MR) is 75.7 cm³/mol. The second-order valence-corrected chi connectivity index (χ2v) is 4.24. The molecule has 0 saturated carbocycles. The molecule has 21 heavy (non-hydrogen) atoms. The van der Waals surface area contributed by atoms with Crippen LogP contribution in [0.25, 0.3) is 0 Å². The average Bonchev–Trinajstić information content (AvgIpc) is 2.98. The van der Waals surface area contributed by atoms with Crippen molar-refractivity contribution in [2.75, 3.05) is 13.2 Å². The van der Waals surface area contributed by atoms with Gasteiger partial charge in [0.25, 0.3) is 11.8 Å². The van der Waals surface area contributed by atoms with E-state index in [1.54, 1.807) is 12.1 Å². The number of para-hydroxylation sites is 1. The van der Waals surface area contributed by atoms with E-state index in [1.165, 1.54) is 18.3 Å². The number of hydrogen-bond donors (Lipinski definition) is 3. The van der Waals surface area contributed by atoms with Gasteiger partial charge in [-0.1, -0.05) is 12.1 Å². The molecule has 2 rings (SSSR count). The first kappa shape index (κ1) is 14.6. The third-order valence-electron chi connectivity index (χ3n) is 2.67. The number of carbonyl (C=O) groups is 2. The standard InChI is InChI=1S/C14H15N3O4/c18-12-6-2-1-5-11(12)14(20)15-9-13(19)17-16-8-10-4-3-7-21-10/h1-2,4-6,8,18H,3,7,9H2,(H,15,20)(H,17,19)/b16-8+. The van der Waals surface area contributed by atoms with Gasteiger partial charge < -0.3 is 15.2 Å². The minimum atomic E-state index is -0.533. The van der Waals surface area contributed by atoms with Crippen molar-refractivity contribution in [2.45, 2.75) is 6.42 Å². The number of nitrogens with one attached hydrogen (secondary N) is 2. The Morgan fingerprint density at radius 3 is 2.90 bits per heavy atom. The summed E-state index contributed by atoms with van der Waals surface area (Å²) in [5.41, 5.74) is 2.37. The van der Waals surface area contributed by atoms with E-state index in [2.05, 4.69) is 15.8 Å². The van der Waals surface area contributed by atoms with Crippen molar-refractivity contribution in [3.8, 4) is 5.75 Å². The molecule has 0 fully saturated rings. The van der Waals surface area contributed by atoms with Gasteiger partial charge in [-0.2, -0.15) is 5.10 Å². The molecule has 0 atom stereocenters. The third kappa shape index (κ3) is 4.34. The summed E-state index contributed by atoms with van der Waals surface area (Å²) in [6, 6.07) is 6.08. The summed E-state index contributed by atoms with van der Waals surface area (Å²) in [5, 5.41) is 15.6. The van der Waals surface area contributed by atoms with Crippen LogP contribution in [0, 0.1) is 0 Å². The number of ether oxygens (including phenoxy) is 1. The van der Waals surface area contributed by atoms with Crippen molar-refractivity contribution in [2.24, 2.45) is 5.10 Å². The highest BCUT2D eigenvalue weighted by Crippen LogP contribution is 2.14. The van der Waals surface area contributed by atoms with Gasteiger partial charge in [-0.3, -0.25) is 9.59 Å². The number of benzene rings is 1. The van der Waals surface area contributed by atoms with Crippen molar-refractivity contribution >= 4 is 18.0 Å². The van der Waals surface area contributed by atoms with E-state index in [0.717, 1.165) is 6.42 Å². The zero-order valence-corrected chi connectivity index (χ0v) is 11.2. The molecule has 0 spiro atoms. The van der Waals surface area contributed by atoms with Crippen molar-refractivity contribution < 1.29 is 19.4 Å². The second kappa shape index (κ2) is 7.09. The Balaban J connectivity index is 1.76. The first-order chi connectivity index (χ1) is 10.2. The average molecular weight is 289 g/mol. The van der Waals surface area contributed by atoms with Crippen molar-refractivity contribution in [1.29, 1.82) is 0 Å². The van der Waals surface area contributed by atoms with Gasteiger partial charge in [0, 0.05) is 6.42 Å². The van der Waals surface area contributed by atoms with Crippen LogP contribution in [-0.4, -0.2) is 36.3 Å². The lowest BCUT2D eigenvalue weighted by atomic mass is 10.2. The molecule has 2 amide bonds. The van der Waals surface area contributed by atoms with Gasteiger partial charge in [-0.15, -0.1) is 0 Å². The fourth-order valence-corrected chi connectivity index (χ4v) is 1.66. The molecule has 1 aromatic carbocycles. The quantitative estimate of drug-likeness (QED) is 0.543. The molecule has 1 heterocycles. The zero-order chi connectivity index (χ0) is 15.1. The maximum absolute atomic E-state index is 11.7. The van der Waals surface area contributed by atoms with Gasteiger partial charge in [0.2, 0.25) is 0 Å². The molecule has 110 valence electrons. The summed E-state index contributed by atoms with van der Waals surface area (Å²) >= 11 is 0. The van der Waals surface area contributed by atoms with E-state index in [9.17, 15) is 14.7 Å². The van der Waals surface area contributed by atoms with Gasteiger partial charge in [-0.25, -0.2) is 5.43 Å². The molecule has 7 heteroatoms. The minimum absolute atomic E-state index is 0.110. The Morgan fingerprint density at radius 1 is 1.38 bits per heavy atom. The number of phenols is 1. The van der Waals surface area contributed by atoms with E-state index < -0.39 is 11.8 Å². The number of hydrogen-bond acceptors (Lipinski definition) is 5. The van der Waals surface area contributed by atoms with Gasteiger partial charge in [0.1, 0.15) is 11.5 Å². The summed E-state index contributed by atoms with van der Waals surface area (Å²) in [6.45, 7) is 0.371. The number of hydrazone groups is 1. The Morgan fingerprint density at radius 2 is 2.19 bits per heavy atom. The normalized spacial score (nSPS) is 13.6. The molecule has 0 aromatic heterocycles. The molecule has 0 bridgehead atoms. The van der Waals surface area contributed by atoms with Crippen molar-refractivity contribution in [1.82, 2.24) is 10.7 Å². The molecule has 0 radical (unpaired) electrons. The van der Waals surface area contributed by atoms with Crippen LogP contribution in [0.3, 0.4) is 0 Å². The van der Waals surface area contributed by atoms with E-state index in [0.29, 0.717) is 12.4 Å². The molecule has 1 aromatic rings. The fraction of sp³-hybridized carbons (Fsp3) is 0.214. The molecule has 0 aliphatic carbocycles. The van der Waals surface area contributed by atoms with Crippen LogP contribution in [0.4, 0.5) is 0 Å².